The number of halogens is 2. The summed E-state index contributed by atoms with van der Waals surface area (Å²) >= 11 is 2.26. The van der Waals surface area contributed by atoms with E-state index in [2.05, 4.69) is 27.2 Å². The van der Waals surface area contributed by atoms with Gasteiger partial charge in [0.25, 0.3) is 0 Å². The Labute approximate surface area is 126 Å². The van der Waals surface area contributed by atoms with Crippen LogP contribution in [0.2, 0.25) is 0 Å². The lowest BCUT2D eigenvalue weighted by molar-refractivity contribution is -0.702. The van der Waals surface area contributed by atoms with Crippen LogP contribution in [0.1, 0.15) is 0 Å². The Kier molecular flexibility index (Phi) is 5.70. The minimum Gasteiger partial charge on any atom is -0.758 e. The normalized spacial score (nSPS) is 14.4. The van der Waals surface area contributed by atoms with Gasteiger partial charge < -0.3 is 10.3 Å². The van der Waals surface area contributed by atoms with E-state index in [0.717, 1.165) is 14.5 Å². The van der Waals surface area contributed by atoms with Crippen LogP contribution in [0, 0.1) is 8.91 Å². The smallest absolute Gasteiger partial charge is 0.241 e. The summed E-state index contributed by atoms with van der Waals surface area (Å²) in [6.45, 7) is 1.09. The highest BCUT2D eigenvalue weighted by molar-refractivity contribution is 14.1. The van der Waals surface area contributed by atoms with Crippen molar-refractivity contribution in [1.82, 2.24) is 5.06 Å². The molecular formula is C11H12I2N2O. The molecule has 0 fully saturated rings. The molecule has 0 saturated heterocycles. The van der Waals surface area contributed by atoms with Crippen molar-refractivity contribution in [3.63, 3.8) is 0 Å². The molecule has 0 unspecified atom stereocenters. The van der Waals surface area contributed by atoms with Crippen molar-refractivity contribution in [1.29, 1.82) is 0 Å². The molecule has 0 amide bonds. The Morgan fingerprint density at radius 1 is 1.44 bits per heavy atom. The molecule has 0 radical (unpaired) electrons. The van der Waals surface area contributed by atoms with Crippen LogP contribution in [-0.4, -0.2) is 11.6 Å². The maximum atomic E-state index is 11.5. The fraction of sp³-hybridized carbons (Fsp3) is 0.182. The number of allylic oxidation sites excluding steroid dienone is 3. The number of hydrogen-bond donors (Lipinski definition) is 0. The molecule has 0 spiro atoms. The second-order valence-corrected chi connectivity index (χ2v) is 4.40. The topological polar surface area (TPSA) is 30.2 Å². The molecule has 0 bridgehead atoms. The maximum absolute atomic E-state index is 11.5. The number of nitrogens with zero attached hydrogens (tertiary/aromatic N) is 2. The Hall–Kier alpha value is -0.150. The first-order valence-corrected chi connectivity index (χ1v) is 5.79. The number of pyridine rings is 1. The number of aromatic nitrogens is 1. The molecule has 0 saturated carbocycles. The Balaban J connectivity index is 0.00000128. The van der Waals surface area contributed by atoms with Gasteiger partial charge in [0.2, 0.25) is 3.70 Å². The summed E-state index contributed by atoms with van der Waals surface area (Å²) < 4.78 is 3.18. The average molecular weight is 442 g/mol. The summed E-state index contributed by atoms with van der Waals surface area (Å²) in [6, 6.07) is 5.98. The van der Waals surface area contributed by atoms with Gasteiger partial charge in [-0.2, -0.15) is 4.57 Å². The molecule has 0 N–H and O–H groups in total. The van der Waals surface area contributed by atoms with Gasteiger partial charge in [-0.1, -0.05) is 12.2 Å². The minimum atomic E-state index is 0. The standard InChI is InChI=1S/C11H11IN2O.HI/c12-11-6-2-3-7-13(11)9-10-5-1-4-8-14(10)15;/h1-7H,8-9H2;1H. The molecular weight excluding hydrogens is 430 g/mol. The lowest BCUT2D eigenvalue weighted by atomic mass is 10.3. The predicted molar refractivity (Wildman–Crippen MR) is 82.1 cm³/mol. The molecule has 0 aromatic carbocycles. The van der Waals surface area contributed by atoms with Crippen molar-refractivity contribution in [2.75, 3.05) is 6.54 Å². The first-order chi connectivity index (χ1) is 7.27. The minimum absolute atomic E-state index is 0. The third-order valence-corrected chi connectivity index (χ3v) is 3.21. The van der Waals surface area contributed by atoms with E-state index < -0.39 is 0 Å². The van der Waals surface area contributed by atoms with Crippen LogP contribution in [0.5, 0.6) is 0 Å². The van der Waals surface area contributed by atoms with Gasteiger partial charge in [0.05, 0.1) is 5.70 Å². The van der Waals surface area contributed by atoms with Gasteiger partial charge in [-0.3, -0.25) is 0 Å². The Bertz CT molecular complexity index is 418. The quantitative estimate of drug-likeness (QED) is 0.401. The molecule has 1 aromatic rings. The van der Waals surface area contributed by atoms with E-state index >= 15 is 0 Å². The molecule has 16 heavy (non-hydrogen) atoms. The Morgan fingerprint density at radius 2 is 2.25 bits per heavy atom. The third kappa shape index (κ3) is 3.42. The van der Waals surface area contributed by atoms with E-state index in [1.54, 1.807) is 0 Å². The average Bonchev–Trinajstić information content (AvgIpc) is 2.24. The summed E-state index contributed by atoms with van der Waals surface area (Å²) in [5.41, 5.74) is 0.798. The summed E-state index contributed by atoms with van der Waals surface area (Å²) in [5.74, 6) is 0. The Morgan fingerprint density at radius 3 is 2.94 bits per heavy atom. The van der Waals surface area contributed by atoms with Gasteiger partial charge in [-0.05, 0) is 12.1 Å². The van der Waals surface area contributed by atoms with Gasteiger partial charge in [-0.15, -0.1) is 24.0 Å². The monoisotopic (exact) mass is 442 g/mol. The zero-order valence-electron chi connectivity index (χ0n) is 8.54. The van der Waals surface area contributed by atoms with Crippen molar-refractivity contribution in [2.24, 2.45) is 0 Å². The van der Waals surface area contributed by atoms with E-state index in [9.17, 15) is 5.21 Å². The summed E-state index contributed by atoms with van der Waals surface area (Å²) in [5, 5.41) is 12.5. The highest BCUT2D eigenvalue weighted by Gasteiger charge is 2.10. The van der Waals surface area contributed by atoms with E-state index in [4.69, 9.17) is 0 Å². The second-order valence-electron chi connectivity index (χ2n) is 3.30. The van der Waals surface area contributed by atoms with Gasteiger partial charge in [0.15, 0.2) is 12.7 Å². The molecule has 1 aliphatic heterocycles. The third-order valence-electron chi connectivity index (χ3n) is 2.23. The molecule has 2 rings (SSSR count). The molecule has 2 heterocycles. The first kappa shape index (κ1) is 13.9. The van der Waals surface area contributed by atoms with Crippen LogP contribution < -0.4 is 4.57 Å². The molecule has 86 valence electrons. The van der Waals surface area contributed by atoms with Gasteiger partial charge in [0, 0.05) is 41.3 Å². The van der Waals surface area contributed by atoms with E-state index in [1.807, 2.05) is 42.6 Å². The fourth-order valence-electron chi connectivity index (χ4n) is 1.43. The number of hydrogen-bond acceptors (Lipinski definition) is 2. The maximum Gasteiger partial charge on any atom is 0.241 e. The lowest BCUT2D eigenvalue weighted by Gasteiger charge is -2.32. The number of hydroxylamine groups is 2. The van der Waals surface area contributed by atoms with E-state index in [1.165, 1.54) is 0 Å². The summed E-state index contributed by atoms with van der Waals surface area (Å²) in [7, 11) is 0. The molecule has 0 atom stereocenters. The zero-order chi connectivity index (χ0) is 10.7. The largest absolute Gasteiger partial charge is 0.758 e. The molecule has 1 aliphatic rings. The number of rotatable bonds is 2. The van der Waals surface area contributed by atoms with Crippen LogP contribution >= 0.6 is 46.6 Å². The molecule has 3 nitrogen and oxygen atoms in total. The van der Waals surface area contributed by atoms with Crippen molar-refractivity contribution in [2.45, 2.75) is 6.54 Å². The van der Waals surface area contributed by atoms with Gasteiger partial charge >= 0.3 is 0 Å². The zero-order valence-corrected chi connectivity index (χ0v) is 13.0. The van der Waals surface area contributed by atoms with Crippen LogP contribution in [0.4, 0.5) is 0 Å². The molecule has 5 heteroatoms. The first-order valence-electron chi connectivity index (χ1n) is 4.72. The van der Waals surface area contributed by atoms with Crippen LogP contribution in [0.3, 0.4) is 0 Å². The van der Waals surface area contributed by atoms with Crippen molar-refractivity contribution in [3.05, 3.63) is 57.2 Å². The SMILES string of the molecule is I.[O-]N1CC=CC=C1C[n+]1ccccc1I. The van der Waals surface area contributed by atoms with E-state index in [-0.39, 0.29) is 24.0 Å². The highest BCUT2D eigenvalue weighted by Crippen LogP contribution is 2.08. The van der Waals surface area contributed by atoms with Crippen LogP contribution in [-0.2, 0) is 6.54 Å². The summed E-state index contributed by atoms with van der Waals surface area (Å²) in [6.07, 6.45) is 7.64. The van der Waals surface area contributed by atoms with Crippen molar-refractivity contribution >= 4 is 46.6 Å². The van der Waals surface area contributed by atoms with Crippen LogP contribution in [0.25, 0.3) is 0 Å². The highest BCUT2D eigenvalue weighted by atomic mass is 127. The molecule has 1 aromatic heterocycles. The van der Waals surface area contributed by atoms with E-state index in [0.29, 0.717) is 13.1 Å². The second kappa shape index (κ2) is 6.55. The summed E-state index contributed by atoms with van der Waals surface area (Å²) in [4.78, 5) is 0. The van der Waals surface area contributed by atoms with Gasteiger partial charge in [0.1, 0.15) is 0 Å². The molecule has 0 aliphatic carbocycles. The predicted octanol–water partition coefficient (Wildman–Crippen LogP) is 2.45. The van der Waals surface area contributed by atoms with Gasteiger partial charge in [-0.25, -0.2) is 0 Å². The van der Waals surface area contributed by atoms with Crippen molar-refractivity contribution in [3.8, 4) is 0 Å². The van der Waals surface area contributed by atoms with Crippen molar-refractivity contribution < 1.29 is 4.57 Å². The fourth-order valence-corrected chi connectivity index (χ4v) is 1.96. The van der Waals surface area contributed by atoms with Crippen LogP contribution in [0.15, 0.2) is 48.3 Å². The lowest BCUT2D eigenvalue weighted by Crippen LogP contribution is -2.40.